The summed E-state index contributed by atoms with van der Waals surface area (Å²) >= 11 is 0. The molecule has 0 fully saturated rings. The summed E-state index contributed by atoms with van der Waals surface area (Å²) in [7, 11) is 0. The Bertz CT molecular complexity index is 1530. The zero-order valence-electron chi connectivity index (χ0n) is 35.9. The van der Waals surface area contributed by atoms with Crippen molar-refractivity contribution in [2.45, 2.75) is 5.92 Å². The van der Waals surface area contributed by atoms with Gasteiger partial charge in [0.05, 0.1) is 145 Å². The van der Waals surface area contributed by atoms with Gasteiger partial charge >= 0.3 is 6.09 Å². The number of nitrogens with one attached hydrogen (secondary N) is 1. The first-order chi connectivity index (χ1) is 30.8. The van der Waals surface area contributed by atoms with E-state index in [2.05, 4.69) is 29.6 Å². The highest BCUT2D eigenvalue weighted by Crippen LogP contribution is 2.44. The molecule has 0 spiro atoms. The lowest BCUT2D eigenvalue weighted by molar-refractivity contribution is -0.0277. The van der Waals surface area contributed by atoms with Gasteiger partial charge in [0.1, 0.15) is 25.2 Å². The molecule has 344 valence electrons. The van der Waals surface area contributed by atoms with Gasteiger partial charge in [-0.3, -0.25) is 4.79 Å². The van der Waals surface area contributed by atoms with Gasteiger partial charge in [0.15, 0.2) is 0 Å². The molecule has 1 aliphatic carbocycles. The quantitative estimate of drug-likeness (QED) is 0.0622. The minimum absolute atomic E-state index is 0.0318. The average Bonchev–Trinajstić information content (AvgIpc) is 3.62. The molecule has 0 radical (unpaired) electrons. The normalized spacial score (nSPS) is 12.0. The van der Waals surface area contributed by atoms with Crippen LogP contribution in [0.4, 0.5) is 4.79 Å². The maximum absolute atomic E-state index is 12.3. The Kier molecular flexibility index (Phi) is 28.1. The van der Waals surface area contributed by atoms with Crippen molar-refractivity contribution in [3.63, 3.8) is 0 Å². The monoisotopic (exact) mass is 871 g/mol. The Morgan fingerprint density at radius 1 is 0.435 bits per heavy atom. The summed E-state index contributed by atoms with van der Waals surface area (Å²) in [6, 6.07) is 23.4. The van der Waals surface area contributed by atoms with E-state index in [0.29, 0.717) is 170 Å². The number of aldehydes is 1. The van der Waals surface area contributed by atoms with E-state index in [1.54, 1.807) is 24.3 Å². The first kappa shape index (κ1) is 50.6. The number of fused-ring (bicyclic) bond motifs is 3. The number of benzene rings is 3. The van der Waals surface area contributed by atoms with Gasteiger partial charge in [0.25, 0.3) is 0 Å². The molecule has 0 heterocycles. The van der Waals surface area contributed by atoms with Crippen molar-refractivity contribution in [1.82, 2.24) is 5.32 Å². The summed E-state index contributed by atoms with van der Waals surface area (Å²) in [5.41, 5.74) is 5.37. The van der Waals surface area contributed by atoms with Crippen molar-refractivity contribution in [1.29, 1.82) is 0 Å². The molecule has 1 amide bonds. The molecule has 1 N–H and O–H groups in total. The summed E-state index contributed by atoms with van der Waals surface area (Å²) in [6.07, 6.45) is 0.340. The van der Waals surface area contributed by atoms with E-state index in [1.807, 2.05) is 24.3 Å². The highest BCUT2D eigenvalue weighted by atomic mass is 16.6. The van der Waals surface area contributed by atoms with Gasteiger partial charge in [-0.15, -0.1) is 0 Å². The van der Waals surface area contributed by atoms with Gasteiger partial charge in [-0.2, -0.15) is 0 Å². The third-order valence-electron chi connectivity index (χ3n) is 9.09. The molecule has 4 rings (SSSR count). The lowest BCUT2D eigenvalue weighted by Gasteiger charge is -2.14. The predicted octanol–water partition coefficient (Wildman–Crippen LogP) is 4.60. The van der Waals surface area contributed by atoms with Crippen LogP contribution in [0.2, 0.25) is 0 Å². The lowest BCUT2D eigenvalue weighted by Crippen LogP contribution is -2.29. The summed E-state index contributed by atoms with van der Waals surface area (Å²) in [4.78, 5) is 22.9. The van der Waals surface area contributed by atoms with Crippen LogP contribution in [0.5, 0.6) is 5.75 Å². The van der Waals surface area contributed by atoms with E-state index in [4.69, 9.17) is 61.6 Å². The summed E-state index contributed by atoms with van der Waals surface area (Å²) in [6.45, 7) is 11.3. The molecule has 0 atom stereocenters. The number of ether oxygens (including phenoxy) is 13. The number of alkyl carbamates (subject to hydrolysis) is 1. The molecule has 0 bridgehead atoms. The van der Waals surface area contributed by atoms with Crippen LogP contribution < -0.4 is 10.1 Å². The van der Waals surface area contributed by atoms with Crippen molar-refractivity contribution in [2.24, 2.45) is 0 Å². The second-order valence-electron chi connectivity index (χ2n) is 13.5. The Hall–Kier alpha value is -4.04. The van der Waals surface area contributed by atoms with Crippen LogP contribution >= 0.6 is 0 Å². The number of hydrogen-bond donors (Lipinski definition) is 1. The Morgan fingerprint density at radius 3 is 1.15 bits per heavy atom. The van der Waals surface area contributed by atoms with E-state index in [9.17, 15) is 9.59 Å². The number of amides is 1. The summed E-state index contributed by atoms with van der Waals surface area (Å²) in [5.74, 6) is 0.731. The maximum atomic E-state index is 12.3. The molecule has 1 aliphatic rings. The molecule has 62 heavy (non-hydrogen) atoms. The molecule has 0 aliphatic heterocycles. The first-order valence-corrected chi connectivity index (χ1v) is 21.4. The zero-order valence-corrected chi connectivity index (χ0v) is 35.9. The van der Waals surface area contributed by atoms with E-state index in [1.165, 1.54) is 22.3 Å². The van der Waals surface area contributed by atoms with Crippen LogP contribution in [0.15, 0.2) is 72.8 Å². The number of carbonyl (C=O) groups is 2. The van der Waals surface area contributed by atoms with Gasteiger partial charge in [-0.25, -0.2) is 4.79 Å². The largest absolute Gasteiger partial charge is 0.491 e. The Balaban J connectivity index is 0.763. The van der Waals surface area contributed by atoms with Crippen molar-refractivity contribution in [2.75, 3.05) is 165 Å². The van der Waals surface area contributed by atoms with Gasteiger partial charge in [-0.1, -0.05) is 48.5 Å². The van der Waals surface area contributed by atoms with E-state index in [-0.39, 0.29) is 12.5 Å². The smallest absolute Gasteiger partial charge is 0.407 e. The minimum atomic E-state index is -0.456. The zero-order chi connectivity index (χ0) is 43.4. The van der Waals surface area contributed by atoms with Crippen LogP contribution in [-0.4, -0.2) is 177 Å². The van der Waals surface area contributed by atoms with Crippen LogP contribution in [0.3, 0.4) is 0 Å². The van der Waals surface area contributed by atoms with Gasteiger partial charge < -0.3 is 66.9 Å². The number of carbonyl (C=O) groups excluding carboxylic acids is 2. The fourth-order valence-electron chi connectivity index (χ4n) is 6.04. The standard InChI is InChI=1S/C46H65NO15/c48-37-39-9-11-40(12-10-39)61-36-35-60-34-33-59-32-31-58-30-29-57-28-27-56-26-25-55-24-23-54-22-21-53-20-19-52-18-17-51-16-15-50-14-13-47-46(49)62-38-45-43-7-3-1-5-41(43)42-6-2-4-8-44(42)45/h1-12,37,45H,13-36,38H2,(H,47,49). The van der Waals surface area contributed by atoms with Crippen molar-refractivity contribution >= 4 is 12.4 Å². The molecule has 0 saturated heterocycles. The molecular weight excluding hydrogens is 806 g/mol. The van der Waals surface area contributed by atoms with Gasteiger partial charge in [0.2, 0.25) is 0 Å². The first-order valence-electron chi connectivity index (χ1n) is 21.4. The molecule has 3 aromatic carbocycles. The summed E-state index contributed by atoms with van der Waals surface area (Å²) < 4.78 is 71.6. The molecule has 0 unspecified atom stereocenters. The van der Waals surface area contributed by atoms with Gasteiger partial charge in [0, 0.05) is 18.0 Å². The van der Waals surface area contributed by atoms with Crippen LogP contribution in [-0.2, 0) is 56.8 Å². The highest BCUT2D eigenvalue weighted by molar-refractivity contribution is 5.79. The average molecular weight is 872 g/mol. The third-order valence-corrected chi connectivity index (χ3v) is 9.09. The highest BCUT2D eigenvalue weighted by Gasteiger charge is 2.29. The number of rotatable bonds is 40. The van der Waals surface area contributed by atoms with Crippen LogP contribution in [0.1, 0.15) is 27.4 Å². The van der Waals surface area contributed by atoms with Gasteiger partial charge in [-0.05, 0) is 46.5 Å². The molecule has 0 aromatic heterocycles. The molecular formula is C46H65NO15. The fourth-order valence-corrected chi connectivity index (χ4v) is 6.04. The second-order valence-corrected chi connectivity index (χ2v) is 13.5. The molecule has 3 aromatic rings. The summed E-state index contributed by atoms with van der Waals surface area (Å²) in [5, 5.41) is 2.74. The minimum Gasteiger partial charge on any atom is -0.491 e. The predicted molar refractivity (Wildman–Crippen MR) is 229 cm³/mol. The fraction of sp³-hybridized carbons (Fsp3) is 0.565. The van der Waals surface area contributed by atoms with Crippen molar-refractivity contribution < 1.29 is 71.2 Å². The molecule has 16 nitrogen and oxygen atoms in total. The van der Waals surface area contributed by atoms with Crippen molar-refractivity contribution in [3.8, 4) is 16.9 Å². The molecule has 0 saturated carbocycles. The molecule has 16 heteroatoms. The number of hydrogen-bond acceptors (Lipinski definition) is 15. The second kappa shape index (κ2) is 34.4. The third kappa shape index (κ3) is 22.4. The Morgan fingerprint density at radius 2 is 0.774 bits per heavy atom. The topological polar surface area (TPSA) is 166 Å². The Labute approximate surface area is 365 Å². The SMILES string of the molecule is O=Cc1ccc(OCCOCCOCCOCCOCCOCCOCCOCCOCCOCCOCCOCCNC(=O)OCC2c3ccccc3-c3ccccc32)cc1. The maximum Gasteiger partial charge on any atom is 0.407 e. The van der Waals surface area contributed by atoms with E-state index >= 15 is 0 Å². The van der Waals surface area contributed by atoms with E-state index < -0.39 is 6.09 Å². The van der Waals surface area contributed by atoms with Crippen LogP contribution in [0.25, 0.3) is 11.1 Å². The lowest BCUT2D eigenvalue weighted by atomic mass is 9.98. The van der Waals surface area contributed by atoms with E-state index in [0.717, 1.165) is 6.29 Å². The van der Waals surface area contributed by atoms with Crippen LogP contribution in [0, 0.1) is 0 Å². The van der Waals surface area contributed by atoms with Crippen molar-refractivity contribution in [3.05, 3.63) is 89.5 Å².